The van der Waals surface area contributed by atoms with Crippen molar-refractivity contribution in [3.05, 3.63) is 23.3 Å². The van der Waals surface area contributed by atoms with Gasteiger partial charge in [-0.15, -0.1) is 17.8 Å². The third-order valence-electron chi connectivity index (χ3n) is 3.43. The van der Waals surface area contributed by atoms with Crippen LogP contribution in [-0.2, 0) is 6.54 Å². The van der Waals surface area contributed by atoms with Crippen molar-refractivity contribution in [2.75, 3.05) is 32.7 Å². The van der Waals surface area contributed by atoms with Crippen molar-refractivity contribution < 1.29 is 0 Å². The molecule has 0 aromatic carbocycles. The number of hydrogen-bond acceptors (Lipinski definition) is 5. The molecule has 6 heteroatoms. The van der Waals surface area contributed by atoms with Crippen LogP contribution in [0.2, 0.25) is 0 Å². The standard InChI is InChI=1S/C14H17N5S/c1-2-5-18-6-8-19(9-7-18)11-13-15-14(17-16-13)12-4-3-10-20-12/h1,3-4,10H,5-9,11H2,(H,15,16,17). The molecule has 0 spiro atoms. The highest BCUT2D eigenvalue weighted by Gasteiger charge is 2.17. The second-order valence-electron chi connectivity index (χ2n) is 4.84. The highest BCUT2D eigenvalue weighted by Crippen LogP contribution is 2.20. The first kappa shape index (κ1) is 13.3. The summed E-state index contributed by atoms with van der Waals surface area (Å²) in [7, 11) is 0. The minimum absolute atomic E-state index is 0.749. The molecule has 0 aliphatic carbocycles. The van der Waals surface area contributed by atoms with E-state index in [1.807, 2.05) is 17.5 Å². The van der Waals surface area contributed by atoms with Crippen LogP contribution in [0.3, 0.4) is 0 Å². The van der Waals surface area contributed by atoms with Gasteiger partial charge in [0.1, 0.15) is 5.82 Å². The monoisotopic (exact) mass is 287 g/mol. The Morgan fingerprint density at radius 3 is 2.80 bits per heavy atom. The number of terminal acetylenes is 1. The molecule has 0 atom stereocenters. The molecule has 104 valence electrons. The third-order valence-corrected chi connectivity index (χ3v) is 4.29. The highest BCUT2D eigenvalue weighted by atomic mass is 32.1. The Bertz CT molecular complexity index is 575. The van der Waals surface area contributed by atoms with E-state index in [1.54, 1.807) is 11.3 Å². The van der Waals surface area contributed by atoms with Crippen LogP contribution in [0.25, 0.3) is 10.7 Å². The van der Waals surface area contributed by atoms with E-state index in [9.17, 15) is 0 Å². The number of nitrogens with zero attached hydrogens (tertiary/aromatic N) is 4. The van der Waals surface area contributed by atoms with Gasteiger partial charge in [0.15, 0.2) is 5.82 Å². The van der Waals surface area contributed by atoms with Crippen molar-refractivity contribution in [3.8, 4) is 23.0 Å². The van der Waals surface area contributed by atoms with Gasteiger partial charge in [0.2, 0.25) is 0 Å². The molecule has 2 aromatic rings. The van der Waals surface area contributed by atoms with Gasteiger partial charge >= 0.3 is 0 Å². The Morgan fingerprint density at radius 1 is 1.30 bits per heavy atom. The predicted octanol–water partition coefficient (Wildman–Crippen LogP) is 1.28. The first-order valence-corrected chi connectivity index (χ1v) is 7.56. The second kappa shape index (κ2) is 6.18. The zero-order chi connectivity index (χ0) is 13.8. The van der Waals surface area contributed by atoms with Crippen LogP contribution in [-0.4, -0.2) is 57.7 Å². The van der Waals surface area contributed by atoms with E-state index in [-0.39, 0.29) is 0 Å². The second-order valence-corrected chi connectivity index (χ2v) is 5.79. The lowest BCUT2D eigenvalue weighted by molar-refractivity contribution is 0.136. The molecule has 20 heavy (non-hydrogen) atoms. The molecule has 3 rings (SSSR count). The quantitative estimate of drug-likeness (QED) is 0.861. The van der Waals surface area contributed by atoms with Crippen LogP contribution in [0.4, 0.5) is 0 Å². The summed E-state index contributed by atoms with van der Waals surface area (Å²) in [6.45, 7) is 5.67. The van der Waals surface area contributed by atoms with E-state index < -0.39 is 0 Å². The minimum Gasteiger partial charge on any atom is -0.293 e. The maximum Gasteiger partial charge on any atom is 0.191 e. The number of H-pyrrole nitrogens is 1. The van der Waals surface area contributed by atoms with Gasteiger partial charge in [-0.3, -0.25) is 14.9 Å². The predicted molar refractivity (Wildman–Crippen MR) is 80.2 cm³/mol. The van der Waals surface area contributed by atoms with Gasteiger partial charge in [-0.25, -0.2) is 4.98 Å². The summed E-state index contributed by atoms with van der Waals surface area (Å²) in [5.41, 5.74) is 0. The minimum atomic E-state index is 0.749. The van der Waals surface area contributed by atoms with Crippen molar-refractivity contribution in [3.63, 3.8) is 0 Å². The summed E-state index contributed by atoms with van der Waals surface area (Å²) in [6.07, 6.45) is 5.34. The number of nitrogens with one attached hydrogen (secondary N) is 1. The van der Waals surface area contributed by atoms with Crippen molar-refractivity contribution in [2.24, 2.45) is 0 Å². The van der Waals surface area contributed by atoms with E-state index in [0.717, 1.165) is 55.8 Å². The number of piperazine rings is 1. The van der Waals surface area contributed by atoms with E-state index in [0.29, 0.717) is 0 Å². The first-order chi connectivity index (χ1) is 9.85. The molecule has 1 N–H and O–H groups in total. The average molecular weight is 287 g/mol. The third kappa shape index (κ3) is 3.07. The molecular formula is C14H17N5S. The Morgan fingerprint density at radius 2 is 2.10 bits per heavy atom. The average Bonchev–Trinajstić information content (AvgIpc) is 3.12. The molecule has 0 bridgehead atoms. The van der Waals surface area contributed by atoms with Gasteiger partial charge in [-0.2, -0.15) is 5.10 Å². The lowest BCUT2D eigenvalue weighted by atomic mass is 10.3. The molecule has 2 aromatic heterocycles. The molecule has 3 heterocycles. The summed E-state index contributed by atoms with van der Waals surface area (Å²) >= 11 is 1.66. The normalized spacial score (nSPS) is 17.1. The largest absolute Gasteiger partial charge is 0.293 e. The van der Waals surface area contributed by atoms with E-state index in [4.69, 9.17) is 6.42 Å². The molecule has 1 saturated heterocycles. The van der Waals surface area contributed by atoms with Gasteiger partial charge in [-0.1, -0.05) is 12.0 Å². The highest BCUT2D eigenvalue weighted by molar-refractivity contribution is 7.13. The Balaban J connectivity index is 1.56. The summed E-state index contributed by atoms with van der Waals surface area (Å²) in [4.78, 5) is 10.3. The van der Waals surface area contributed by atoms with Crippen LogP contribution < -0.4 is 0 Å². The van der Waals surface area contributed by atoms with E-state index in [2.05, 4.69) is 30.9 Å². The van der Waals surface area contributed by atoms with Crippen LogP contribution in [0, 0.1) is 12.3 Å². The van der Waals surface area contributed by atoms with Crippen LogP contribution in [0.5, 0.6) is 0 Å². The van der Waals surface area contributed by atoms with E-state index in [1.165, 1.54) is 0 Å². The van der Waals surface area contributed by atoms with Gasteiger partial charge < -0.3 is 0 Å². The Labute approximate surface area is 122 Å². The summed E-state index contributed by atoms with van der Waals surface area (Å²) in [5, 5.41) is 9.35. The SMILES string of the molecule is C#CCN1CCN(Cc2nc(-c3cccs3)n[nH]2)CC1. The summed E-state index contributed by atoms with van der Waals surface area (Å²) < 4.78 is 0. The topological polar surface area (TPSA) is 48.1 Å². The fourth-order valence-corrected chi connectivity index (χ4v) is 2.99. The lowest BCUT2D eigenvalue weighted by Crippen LogP contribution is -2.45. The van der Waals surface area contributed by atoms with Gasteiger partial charge in [0.05, 0.1) is 18.0 Å². The zero-order valence-electron chi connectivity index (χ0n) is 11.2. The smallest absolute Gasteiger partial charge is 0.191 e. The van der Waals surface area contributed by atoms with Crippen molar-refractivity contribution >= 4 is 11.3 Å². The molecule has 5 nitrogen and oxygen atoms in total. The molecule has 0 saturated carbocycles. The number of thiophene rings is 1. The Kier molecular flexibility index (Phi) is 4.11. The maximum atomic E-state index is 5.34. The number of rotatable bonds is 4. The molecule has 0 amide bonds. The first-order valence-electron chi connectivity index (χ1n) is 6.68. The van der Waals surface area contributed by atoms with E-state index >= 15 is 0 Å². The fourth-order valence-electron chi connectivity index (χ4n) is 2.33. The zero-order valence-corrected chi connectivity index (χ0v) is 12.1. The maximum absolute atomic E-state index is 5.34. The molecule has 1 fully saturated rings. The number of hydrogen-bond donors (Lipinski definition) is 1. The lowest BCUT2D eigenvalue weighted by Gasteiger charge is -2.32. The van der Waals surface area contributed by atoms with Gasteiger partial charge in [0, 0.05) is 26.2 Å². The summed E-state index contributed by atoms with van der Waals surface area (Å²) in [6, 6.07) is 4.05. The molecule has 0 radical (unpaired) electrons. The molecule has 0 unspecified atom stereocenters. The van der Waals surface area contributed by atoms with Crippen molar-refractivity contribution in [1.29, 1.82) is 0 Å². The van der Waals surface area contributed by atoms with Crippen molar-refractivity contribution in [1.82, 2.24) is 25.0 Å². The van der Waals surface area contributed by atoms with Gasteiger partial charge in [0.25, 0.3) is 0 Å². The van der Waals surface area contributed by atoms with Gasteiger partial charge in [-0.05, 0) is 11.4 Å². The van der Waals surface area contributed by atoms with Crippen LogP contribution in [0.15, 0.2) is 17.5 Å². The fraction of sp³-hybridized carbons (Fsp3) is 0.429. The number of aromatic amines is 1. The molecule has 1 aliphatic heterocycles. The van der Waals surface area contributed by atoms with Crippen molar-refractivity contribution in [2.45, 2.75) is 6.54 Å². The molecule has 1 aliphatic rings. The molecular weight excluding hydrogens is 270 g/mol. The summed E-state index contributed by atoms with van der Waals surface area (Å²) in [5.74, 6) is 4.42. The van der Waals surface area contributed by atoms with Crippen LogP contribution >= 0.6 is 11.3 Å². The number of aromatic nitrogens is 3. The Hall–Kier alpha value is -1.68. The van der Waals surface area contributed by atoms with Crippen LogP contribution in [0.1, 0.15) is 5.82 Å².